The highest BCUT2D eigenvalue weighted by Crippen LogP contribution is 2.33. The minimum Gasteiger partial charge on any atom is -0.149 e. The second-order valence-electron chi connectivity index (χ2n) is 4.69. The topological polar surface area (TPSA) is 0 Å². The van der Waals surface area contributed by atoms with E-state index in [1.54, 1.807) is 0 Å². The Morgan fingerprint density at radius 3 is 2.17 bits per heavy atom. The van der Waals surface area contributed by atoms with Gasteiger partial charge in [0.2, 0.25) is 0 Å². The van der Waals surface area contributed by atoms with Gasteiger partial charge in [-0.15, -0.1) is 11.3 Å². The first-order chi connectivity index (χ1) is 8.78. The maximum absolute atomic E-state index is 3.71. The molecule has 0 saturated heterocycles. The summed E-state index contributed by atoms with van der Waals surface area (Å²) in [5, 5.41) is 4.18. The third kappa shape index (κ3) is 3.69. The Bertz CT molecular complexity index is 447. The van der Waals surface area contributed by atoms with Gasteiger partial charge in [-0.2, -0.15) is 0 Å². The second kappa shape index (κ2) is 6.88. The van der Waals surface area contributed by atoms with Gasteiger partial charge in [0.25, 0.3) is 0 Å². The molecular weight excluding hydrogens is 372 g/mol. The Kier molecular flexibility index (Phi) is 5.46. The summed E-state index contributed by atoms with van der Waals surface area (Å²) >= 11 is 9.27. The van der Waals surface area contributed by atoms with Crippen molar-refractivity contribution in [3.05, 3.63) is 58.3 Å². The highest BCUT2D eigenvalue weighted by Gasteiger charge is 2.29. The van der Waals surface area contributed by atoms with Crippen LogP contribution in [0.25, 0.3) is 0 Å². The first-order valence-electron chi connectivity index (χ1n) is 5.96. The van der Waals surface area contributed by atoms with Gasteiger partial charge in [-0.25, -0.2) is 0 Å². The number of hydrogen-bond acceptors (Lipinski definition) is 1. The molecule has 2 rings (SSSR count). The van der Waals surface area contributed by atoms with Crippen molar-refractivity contribution < 1.29 is 0 Å². The van der Waals surface area contributed by atoms with E-state index in [4.69, 9.17) is 0 Å². The van der Waals surface area contributed by atoms with Crippen molar-refractivity contribution in [3.8, 4) is 0 Å². The molecule has 0 atom stereocenters. The SMILES string of the molecule is BrCC(CBr)(Cc1ccccc1)Cc1cccs1. The number of halogens is 2. The van der Waals surface area contributed by atoms with Crippen molar-refractivity contribution in [1.82, 2.24) is 0 Å². The minimum atomic E-state index is 0.256. The van der Waals surface area contributed by atoms with Gasteiger partial charge in [-0.1, -0.05) is 68.3 Å². The predicted octanol–water partition coefficient (Wildman–Crippen LogP) is 5.31. The van der Waals surface area contributed by atoms with Crippen LogP contribution in [0.3, 0.4) is 0 Å². The van der Waals surface area contributed by atoms with E-state index < -0.39 is 0 Å². The molecule has 0 nitrogen and oxygen atoms in total. The second-order valence-corrected chi connectivity index (χ2v) is 6.84. The Morgan fingerprint density at radius 1 is 0.889 bits per heavy atom. The average Bonchev–Trinajstić information content (AvgIpc) is 2.92. The fourth-order valence-electron chi connectivity index (χ4n) is 2.10. The molecule has 1 heterocycles. The fraction of sp³-hybridized carbons (Fsp3) is 0.333. The lowest BCUT2D eigenvalue weighted by Gasteiger charge is -2.30. The standard InChI is InChI=1S/C15H16Br2S/c16-11-15(12-17,10-14-7-4-8-18-14)9-13-5-2-1-3-6-13/h1-8H,9-12H2. The zero-order valence-electron chi connectivity index (χ0n) is 10.1. The van der Waals surface area contributed by atoms with Gasteiger partial charge in [-0.05, 0) is 35.3 Å². The van der Waals surface area contributed by atoms with Crippen molar-refractivity contribution in [1.29, 1.82) is 0 Å². The molecule has 1 aromatic carbocycles. The van der Waals surface area contributed by atoms with E-state index in [1.165, 1.54) is 10.4 Å². The van der Waals surface area contributed by atoms with Gasteiger partial charge in [-0.3, -0.25) is 0 Å². The van der Waals surface area contributed by atoms with Crippen LogP contribution in [0.5, 0.6) is 0 Å². The van der Waals surface area contributed by atoms with Crippen molar-refractivity contribution in [2.45, 2.75) is 12.8 Å². The maximum Gasteiger partial charge on any atom is 0.0103 e. The fourth-order valence-corrected chi connectivity index (χ4v) is 4.70. The van der Waals surface area contributed by atoms with E-state index >= 15 is 0 Å². The highest BCUT2D eigenvalue weighted by atomic mass is 79.9. The van der Waals surface area contributed by atoms with Crippen LogP contribution in [0.2, 0.25) is 0 Å². The van der Waals surface area contributed by atoms with Crippen molar-refractivity contribution >= 4 is 43.2 Å². The summed E-state index contributed by atoms with van der Waals surface area (Å²) in [7, 11) is 0. The molecule has 0 spiro atoms. The van der Waals surface area contributed by atoms with Crippen LogP contribution in [0, 0.1) is 5.41 Å². The zero-order chi connectivity index (χ0) is 12.8. The zero-order valence-corrected chi connectivity index (χ0v) is 14.1. The average molecular weight is 388 g/mol. The van der Waals surface area contributed by atoms with Crippen molar-refractivity contribution in [3.63, 3.8) is 0 Å². The van der Waals surface area contributed by atoms with Gasteiger partial charge in [0.15, 0.2) is 0 Å². The van der Waals surface area contributed by atoms with Gasteiger partial charge < -0.3 is 0 Å². The molecular formula is C15H16Br2S. The lowest BCUT2D eigenvalue weighted by atomic mass is 9.82. The first-order valence-corrected chi connectivity index (χ1v) is 9.08. The molecule has 0 bridgehead atoms. The van der Waals surface area contributed by atoms with Gasteiger partial charge in [0.05, 0.1) is 0 Å². The summed E-state index contributed by atoms with van der Waals surface area (Å²) in [6.07, 6.45) is 2.22. The smallest absolute Gasteiger partial charge is 0.0103 e. The molecule has 0 aliphatic carbocycles. The molecule has 96 valence electrons. The van der Waals surface area contributed by atoms with Crippen molar-refractivity contribution in [2.24, 2.45) is 5.41 Å². The molecule has 0 aliphatic rings. The maximum atomic E-state index is 3.71. The summed E-state index contributed by atoms with van der Waals surface area (Å²) < 4.78 is 0. The van der Waals surface area contributed by atoms with Crippen LogP contribution in [-0.2, 0) is 12.8 Å². The minimum absolute atomic E-state index is 0.256. The predicted molar refractivity (Wildman–Crippen MR) is 88.2 cm³/mol. The number of alkyl halides is 2. The van der Waals surface area contributed by atoms with E-state index in [0.717, 1.165) is 23.5 Å². The Hall–Kier alpha value is -0.120. The van der Waals surface area contributed by atoms with Crippen LogP contribution in [-0.4, -0.2) is 10.7 Å². The summed E-state index contributed by atoms with van der Waals surface area (Å²) in [5.74, 6) is 0. The number of thiophene rings is 1. The lowest BCUT2D eigenvalue weighted by molar-refractivity contribution is 0.389. The molecule has 3 heteroatoms. The third-order valence-corrected chi connectivity index (χ3v) is 6.37. The van der Waals surface area contributed by atoms with E-state index in [1.807, 2.05) is 11.3 Å². The van der Waals surface area contributed by atoms with Gasteiger partial charge >= 0.3 is 0 Å². The molecule has 0 fully saturated rings. The molecule has 0 radical (unpaired) electrons. The van der Waals surface area contributed by atoms with Crippen molar-refractivity contribution in [2.75, 3.05) is 10.7 Å². The normalized spacial score (nSPS) is 11.7. The van der Waals surface area contributed by atoms with E-state index in [2.05, 4.69) is 79.7 Å². The number of benzene rings is 1. The van der Waals surface area contributed by atoms with Gasteiger partial charge in [0, 0.05) is 15.5 Å². The Morgan fingerprint density at radius 2 is 1.61 bits per heavy atom. The largest absolute Gasteiger partial charge is 0.149 e. The van der Waals surface area contributed by atoms with Crippen LogP contribution in [0.4, 0.5) is 0 Å². The molecule has 18 heavy (non-hydrogen) atoms. The van der Waals surface area contributed by atoms with Crippen LogP contribution < -0.4 is 0 Å². The Labute approximate surface area is 130 Å². The number of hydrogen-bond donors (Lipinski definition) is 0. The Balaban J connectivity index is 2.16. The van der Waals surface area contributed by atoms with E-state index in [-0.39, 0.29) is 5.41 Å². The molecule has 0 amide bonds. The monoisotopic (exact) mass is 386 g/mol. The lowest BCUT2D eigenvalue weighted by Crippen LogP contribution is -2.30. The summed E-state index contributed by atoms with van der Waals surface area (Å²) in [6.45, 7) is 0. The quantitative estimate of drug-likeness (QED) is 0.589. The molecule has 0 saturated carbocycles. The van der Waals surface area contributed by atoms with Gasteiger partial charge in [0.1, 0.15) is 0 Å². The molecule has 0 aliphatic heterocycles. The summed E-state index contributed by atoms with van der Waals surface area (Å²) in [5.41, 5.74) is 1.67. The molecule has 0 unspecified atom stereocenters. The molecule has 2 aromatic rings. The first kappa shape index (κ1) is 14.3. The highest BCUT2D eigenvalue weighted by molar-refractivity contribution is 9.09. The molecule has 1 aromatic heterocycles. The summed E-state index contributed by atoms with van der Waals surface area (Å²) in [6, 6.07) is 15.1. The third-order valence-electron chi connectivity index (χ3n) is 3.12. The molecule has 0 N–H and O–H groups in total. The van der Waals surface area contributed by atoms with E-state index in [9.17, 15) is 0 Å². The van der Waals surface area contributed by atoms with E-state index in [0.29, 0.717) is 0 Å². The van der Waals surface area contributed by atoms with Crippen LogP contribution in [0.15, 0.2) is 47.8 Å². The summed E-state index contributed by atoms with van der Waals surface area (Å²) in [4.78, 5) is 1.46. The number of rotatable bonds is 6. The van der Waals surface area contributed by atoms with Crippen LogP contribution in [0.1, 0.15) is 10.4 Å². The van der Waals surface area contributed by atoms with Crippen LogP contribution >= 0.6 is 43.2 Å².